The maximum atomic E-state index is 13.3. The van der Waals surface area contributed by atoms with Crippen molar-refractivity contribution in [3.8, 4) is 11.5 Å². The molecule has 0 spiro atoms. The van der Waals surface area contributed by atoms with Crippen molar-refractivity contribution in [2.75, 3.05) is 19.0 Å². The normalized spacial score (nSPS) is 13.7. The van der Waals surface area contributed by atoms with Gasteiger partial charge in [-0.15, -0.1) is 0 Å². The summed E-state index contributed by atoms with van der Waals surface area (Å²) in [6.07, 6.45) is 1.51. The molecule has 0 radical (unpaired) electrons. The number of carbonyl (C=O) groups is 2. The lowest BCUT2D eigenvalue weighted by Gasteiger charge is -2.15. The second kappa shape index (κ2) is 8.79. The van der Waals surface area contributed by atoms with Crippen LogP contribution in [0, 0.1) is 0 Å². The van der Waals surface area contributed by atoms with Gasteiger partial charge in [-0.1, -0.05) is 24.3 Å². The van der Waals surface area contributed by atoms with E-state index in [9.17, 15) is 9.59 Å². The Morgan fingerprint density at radius 1 is 0.968 bits per heavy atom. The first-order valence-corrected chi connectivity index (χ1v) is 9.88. The van der Waals surface area contributed by atoms with Gasteiger partial charge in [0.05, 0.1) is 37.8 Å². The monoisotopic (exact) mass is 418 g/mol. The zero-order valence-corrected chi connectivity index (χ0v) is 17.3. The lowest BCUT2D eigenvalue weighted by atomic mass is 10.0. The minimum Gasteiger partial charge on any atom is -0.497 e. The summed E-state index contributed by atoms with van der Waals surface area (Å²) in [4.78, 5) is 27.8. The minimum absolute atomic E-state index is 0.0443. The van der Waals surface area contributed by atoms with E-state index in [2.05, 4.69) is 5.32 Å². The highest BCUT2D eigenvalue weighted by Crippen LogP contribution is 2.34. The maximum Gasteiger partial charge on any atom is 0.278 e. The maximum absolute atomic E-state index is 13.3. The number of para-hydroxylation sites is 2. The molecule has 1 aliphatic rings. The van der Waals surface area contributed by atoms with E-state index >= 15 is 0 Å². The molecule has 7 heteroatoms. The van der Waals surface area contributed by atoms with E-state index in [0.717, 1.165) is 0 Å². The van der Waals surface area contributed by atoms with Gasteiger partial charge >= 0.3 is 0 Å². The highest BCUT2D eigenvalue weighted by atomic mass is 16.5. The minimum atomic E-state index is -0.432. The number of rotatable bonds is 8. The summed E-state index contributed by atoms with van der Waals surface area (Å²) in [5.41, 5.74) is 1.68. The van der Waals surface area contributed by atoms with Gasteiger partial charge in [0.25, 0.3) is 11.8 Å². The number of ether oxygens (including phenoxy) is 2. The molecule has 0 unspecified atom stereocenters. The Morgan fingerprint density at radius 2 is 1.74 bits per heavy atom. The number of hydrogen-bond acceptors (Lipinski definition) is 6. The quantitative estimate of drug-likeness (QED) is 0.555. The van der Waals surface area contributed by atoms with Crippen LogP contribution in [0.15, 0.2) is 77.0 Å². The van der Waals surface area contributed by atoms with E-state index in [1.807, 2.05) is 19.1 Å². The predicted molar refractivity (Wildman–Crippen MR) is 115 cm³/mol. The van der Waals surface area contributed by atoms with Gasteiger partial charge < -0.3 is 19.2 Å². The fraction of sp³-hybridized carbons (Fsp3) is 0.167. The van der Waals surface area contributed by atoms with Crippen molar-refractivity contribution >= 4 is 23.1 Å². The Bertz CT molecular complexity index is 1120. The summed E-state index contributed by atoms with van der Waals surface area (Å²) >= 11 is 0. The number of furan rings is 1. The van der Waals surface area contributed by atoms with Crippen LogP contribution in [0.25, 0.3) is 5.57 Å². The topological polar surface area (TPSA) is 81.0 Å². The third-order valence-corrected chi connectivity index (χ3v) is 4.89. The lowest BCUT2D eigenvalue weighted by molar-refractivity contribution is -0.137. The first kappa shape index (κ1) is 20.3. The number of anilines is 1. The van der Waals surface area contributed by atoms with E-state index in [4.69, 9.17) is 13.9 Å². The number of imide groups is 1. The second-order valence-electron chi connectivity index (χ2n) is 6.81. The fourth-order valence-corrected chi connectivity index (χ4v) is 3.41. The Kier molecular flexibility index (Phi) is 5.75. The van der Waals surface area contributed by atoms with Crippen LogP contribution >= 0.6 is 0 Å². The summed E-state index contributed by atoms with van der Waals surface area (Å²) in [5.74, 6) is 0.939. The number of carbonyl (C=O) groups excluding carboxylic acids is 2. The molecule has 2 amide bonds. The Morgan fingerprint density at radius 3 is 2.42 bits per heavy atom. The second-order valence-corrected chi connectivity index (χ2v) is 6.81. The number of nitrogens with one attached hydrogen (secondary N) is 1. The molecule has 3 aromatic rings. The Balaban J connectivity index is 1.76. The van der Waals surface area contributed by atoms with Crippen molar-refractivity contribution < 1.29 is 23.5 Å². The SMILES string of the molecule is CCOc1ccccc1NC1=C(c2ccc(OC)cc2)C(=O)N(Cc2ccco2)C1=O. The molecule has 7 nitrogen and oxygen atoms in total. The van der Waals surface area contributed by atoms with E-state index in [0.29, 0.717) is 35.1 Å². The van der Waals surface area contributed by atoms with Gasteiger partial charge in [0.2, 0.25) is 0 Å². The molecule has 0 fully saturated rings. The highest BCUT2D eigenvalue weighted by molar-refractivity contribution is 6.36. The number of methoxy groups -OCH3 is 1. The average molecular weight is 418 g/mol. The van der Waals surface area contributed by atoms with Crippen LogP contribution in [-0.4, -0.2) is 30.4 Å². The summed E-state index contributed by atoms with van der Waals surface area (Å²) in [6.45, 7) is 2.40. The third kappa shape index (κ3) is 4.02. The number of amides is 2. The molecule has 4 rings (SSSR count). The molecule has 1 aliphatic heterocycles. The smallest absolute Gasteiger partial charge is 0.278 e. The molecule has 2 heterocycles. The van der Waals surface area contributed by atoms with Gasteiger partial charge in [0, 0.05) is 0 Å². The molecule has 1 N–H and O–H groups in total. The van der Waals surface area contributed by atoms with E-state index in [-0.39, 0.29) is 17.8 Å². The predicted octanol–water partition coefficient (Wildman–Crippen LogP) is 4.08. The van der Waals surface area contributed by atoms with Crippen molar-refractivity contribution in [3.63, 3.8) is 0 Å². The van der Waals surface area contributed by atoms with Gasteiger partial charge in [0.1, 0.15) is 23.0 Å². The summed E-state index contributed by atoms with van der Waals surface area (Å²) < 4.78 is 16.2. The molecule has 0 atom stereocenters. The molecule has 2 aromatic carbocycles. The average Bonchev–Trinajstić information content (AvgIpc) is 3.38. The first-order chi connectivity index (χ1) is 15.1. The molecular formula is C24H22N2O5. The van der Waals surface area contributed by atoms with Crippen LogP contribution in [0.3, 0.4) is 0 Å². The highest BCUT2D eigenvalue weighted by Gasteiger charge is 2.39. The van der Waals surface area contributed by atoms with Gasteiger partial charge in [0.15, 0.2) is 0 Å². The van der Waals surface area contributed by atoms with Crippen LogP contribution in [0.4, 0.5) is 5.69 Å². The molecule has 0 saturated carbocycles. The van der Waals surface area contributed by atoms with Crippen LogP contribution in [0.5, 0.6) is 11.5 Å². The molecule has 0 saturated heterocycles. The van der Waals surface area contributed by atoms with Gasteiger partial charge in [-0.25, -0.2) is 0 Å². The standard InChI is InChI=1S/C24H22N2O5/c1-3-30-20-9-5-4-8-19(20)25-22-21(16-10-12-17(29-2)13-11-16)23(27)26(24(22)28)15-18-7-6-14-31-18/h4-14,25H,3,15H2,1-2H3. The molecule has 31 heavy (non-hydrogen) atoms. The van der Waals surface area contributed by atoms with Crippen molar-refractivity contribution in [2.24, 2.45) is 0 Å². The van der Waals surface area contributed by atoms with E-state index in [1.165, 1.54) is 11.2 Å². The number of nitrogens with zero attached hydrogens (tertiary/aromatic N) is 1. The number of hydrogen-bond donors (Lipinski definition) is 1. The van der Waals surface area contributed by atoms with Crippen molar-refractivity contribution in [2.45, 2.75) is 13.5 Å². The first-order valence-electron chi connectivity index (χ1n) is 9.88. The van der Waals surface area contributed by atoms with Crippen LogP contribution in [-0.2, 0) is 16.1 Å². The van der Waals surface area contributed by atoms with Crippen LogP contribution in [0.1, 0.15) is 18.2 Å². The van der Waals surface area contributed by atoms with E-state index in [1.54, 1.807) is 55.6 Å². The number of benzene rings is 2. The fourth-order valence-electron chi connectivity index (χ4n) is 3.41. The van der Waals surface area contributed by atoms with Gasteiger partial charge in [-0.2, -0.15) is 0 Å². The van der Waals surface area contributed by atoms with Gasteiger partial charge in [-0.05, 0) is 48.9 Å². The van der Waals surface area contributed by atoms with E-state index < -0.39 is 11.8 Å². The third-order valence-electron chi connectivity index (χ3n) is 4.89. The van der Waals surface area contributed by atoms with Crippen molar-refractivity contribution in [1.29, 1.82) is 0 Å². The van der Waals surface area contributed by atoms with Crippen LogP contribution < -0.4 is 14.8 Å². The molecule has 1 aromatic heterocycles. The van der Waals surface area contributed by atoms with Gasteiger partial charge in [-0.3, -0.25) is 14.5 Å². The molecule has 0 aliphatic carbocycles. The molecular weight excluding hydrogens is 396 g/mol. The Hall–Kier alpha value is -4.00. The van der Waals surface area contributed by atoms with Crippen LogP contribution in [0.2, 0.25) is 0 Å². The van der Waals surface area contributed by atoms with Crippen molar-refractivity contribution in [1.82, 2.24) is 4.90 Å². The molecule has 0 bridgehead atoms. The lowest BCUT2D eigenvalue weighted by Crippen LogP contribution is -2.31. The Labute approximate surface area is 179 Å². The summed E-state index contributed by atoms with van der Waals surface area (Å²) in [5, 5.41) is 3.14. The zero-order valence-electron chi connectivity index (χ0n) is 17.3. The largest absolute Gasteiger partial charge is 0.497 e. The summed E-state index contributed by atoms with van der Waals surface area (Å²) in [7, 11) is 1.57. The van der Waals surface area contributed by atoms with Crippen molar-refractivity contribution in [3.05, 3.63) is 83.9 Å². The summed E-state index contributed by atoms with van der Waals surface area (Å²) in [6, 6.07) is 17.7. The zero-order chi connectivity index (χ0) is 21.8. The molecule has 158 valence electrons.